The van der Waals surface area contributed by atoms with Crippen LogP contribution in [0.25, 0.3) is 0 Å². The highest BCUT2D eigenvalue weighted by atomic mass is 79.9. The van der Waals surface area contributed by atoms with Crippen LogP contribution in [0.5, 0.6) is 0 Å². The van der Waals surface area contributed by atoms with Gasteiger partial charge in [-0.3, -0.25) is 4.68 Å². The van der Waals surface area contributed by atoms with Crippen molar-refractivity contribution in [3.63, 3.8) is 0 Å². The van der Waals surface area contributed by atoms with Crippen molar-refractivity contribution in [3.05, 3.63) is 39.9 Å². The highest BCUT2D eigenvalue weighted by Crippen LogP contribution is 2.22. The molecule has 5 heteroatoms. The number of hydrogen-bond donors (Lipinski definition) is 1. The molecule has 0 amide bonds. The van der Waals surface area contributed by atoms with Gasteiger partial charge in [-0.15, -0.1) is 0 Å². The minimum atomic E-state index is 0.142. The van der Waals surface area contributed by atoms with Gasteiger partial charge in [-0.2, -0.15) is 5.10 Å². The van der Waals surface area contributed by atoms with E-state index in [0.717, 1.165) is 29.7 Å². The molecule has 0 unspecified atom stereocenters. The van der Waals surface area contributed by atoms with Crippen LogP contribution in [0.2, 0.25) is 0 Å². The molecule has 0 spiro atoms. The van der Waals surface area contributed by atoms with Crippen LogP contribution < -0.4 is 5.32 Å². The fraction of sp³-hybridized carbons (Fsp3) is 0.562. The van der Waals surface area contributed by atoms with E-state index in [4.69, 9.17) is 0 Å². The predicted octanol–water partition coefficient (Wildman–Crippen LogP) is 3.48. The van der Waals surface area contributed by atoms with Crippen molar-refractivity contribution in [1.82, 2.24) is 19.7 Å². The Morgan fingerprint density at radius 3 is 2.62 bits per heavy atom. The summed E-state index contributed by atoms with van der Waals surface area (Å²) in [6.07, 6.45) is 5.27. The highest BCUT2D eigenvalue weighted by Gasteiger charge is 2.13. The summed E-state index contributed by atoms with van der Waals surface area (Å²) in [7, 11) is 2.00. The molecule has 0 bridgehead atoms. The number of nitrogens with zero attached hydrogens (tertiary/aromatic N) is 3. The first-order chi connectivity index (χ1) is 9.80. The SMILES string of the molecule is CCc1nn(C)c(Cn2ccc(CNC(C)(C)C)c2)c1Br. The lowest BCUT2D eigenvalue weighted by Gasteiger charge is -2.19. The van der Waals surface area contributed by atoms with Gasteiger partial charge in [0, 0.05) is 31.5 Å². The number of aryl methyl sites for hydroxylation is 2. The van der Waals surface area contributed by atoms with Gasteiger partial charge in [-0.05, 0) is 54.8 Å². The van der Waals surface area contributed by atoms with Gasteiger partial charge in [0.1, 0.15) is 0 Å². The monoisotopic (exact) mass is 352 g/mol. The standard InChI is InChI=1S/C16H25BrN4/c1-6-13-15(17)14(20(5)19-13)11-21-8-7-12(10-21)9-18-16(2,3)4/h7-8,10,18H,6,9,11H2,1-5H3. The minimum absolute atomic E-state index is 0.142. The van der Waals surface area contributed by atoms with Crippen LogP contribution in [0, 0.1) is 0 Å². The van der Waals surface area contributed by atoms with Crippen LogP contribution in [-0.2, 0) is 26.6 Å². The fourth-order valence-corrected chi connectivity index (χ4v) is 2.97. The van der Waals surface area contributed by atoms with E-state index in [1.54, 1.807) is 0 Å². The van der Waals surface area contributed by atoms with Crippen LogP contribution in [0.15, 0.2) is 22.9 Å². The topological polar surface area (TPSA) is 34.8 Å². The summed E-state index contributed by atoms with van der Waals surface area (Å²) in [5, 5.41) is 8.06. The molecule has 0 saturated carbocycles. The Bertz CT molecular complexity index is 604. The van der Waals surface area contributed by atoms with E-state index in [-0.39, 0.29) is 5.54 Å². The summed E-state index contributed by atoms with van der Waals surface area (Å²) in [4.78, 5) is 0. The van der Waals surface area contributed by atoms with E-state index in [0.29, 0.717) is 0 Å². The third-order valence-corrected chi connectivity index (χ3v) is 4.39. The van der Waals surface area contributed by atoms with E-state index in [2.05, 4.69) is 77.1 Å². The van der Waals surface area contributed by atoms with Gasteiger partial charge in [-0.1, -0.05) is 6.92 Å². The van der Waals surface area contributed by atoms with Crippen LogP contribution in [0.4, 0.5) is 0 Å². The Labute approximate surface area is 135 Å². The summed E-state index contributed by atoms with van der Waals surface area (Å²) >= 11 is 3.67. The Balaban J connectivity index is 2.08. The van der Waals surface area contributed by atoms with Crippen LogP contribution in [0.1, 0.15) is 44.6 Å². The second kappa shape index (κ2) is 6.36. The number of nitrogens with one attached hydrogen (secondary N) is 1. The molecule has 0 aliphatic heterocycles. The zero-order valence-electron chi connectivity index (χ0n) is 13.6. The van der Waals surface area contributed by atoms with Gasteiger partial charge in [0.15, 0.2) is 0 Å². The normalized spacial score (nSPS) is 12.1. The van der Waals surface area contributed by atoms with E-state index >= 15 is 0 Å². The molecule has 1 N–H and O–H groups in total. The molecule has 0 saturated heterocycles. The van der Waals surface area contributed by atoms with Crippen molar-refractivity contribution in [1.29, 1.82) is 0 Å². The maximum absolute atomic E-state index is 4.54. The highest BCUT2D eigenvalue weighted by molar-refractivity contribution is 9.10. The maximum Gasteiger partial charge on any atom is 0.0767 e. The number of aromatic nitrogens is 3. The van der Waals surface area contributed by atoms with Crippen LogP contribution in [-0.4, -0.2) is 19.9 Å². The van der Waals surface area contributed by atoms with Crippen molar-refractivity contribution in [3.8, 4) is 0 Å². The van der Waals surface area contributed by atoms with E-state index in [1.807, 2.05) is 11.7 Å². The van der Waals surface area contributed by atoms with Gasteiger partial charge in [-0.25, -0.2) is 0 Å². The van der Waals surface area contributed by atoms with Gasteiger partial charge < -0.3 is 9.88 Å². The Kier molecular flexibility index (Phi) is 4.94. The summed E-state index contributed by atoms with van der Waals surface area (Å²) in [6, 6.07) is 2.17. The molecule has 0 atom stereocenters. The first kappa shape index (κ1) is 16.3. The quantitative estimate of drug-likeness (QED) is 0.893. The average molecular weight is 353 g/mol. The molecule has 116 valence electrons. The third-order valence-electron chi connectivity index (χ3n) is 3.47. The Morgan fingerprint density at radius 1 is 1.33 bits per heavy atom. The number of hydrogen-bond acceptors (Lipinski definition) is 2. The Hall–Kier alpha value is -1.07. The molecule has 2 rings (SSSR count). The summed E-state index contributed by atoms with van der Waals surface area (Å²) in [6.45, 7) is 10.4. The van der Waals surface area contributed by atoms with Gasteiger partial charge in [0.05, 0.1) is 22.4 Å². The molecule has 0 aromatic carbocycles. The lowest BCUT2D eigenvalue weighted by Crippen LogP contribution is -2.34. The Morgan fingerprint density at radius 2 is 2.05 bits per heavy atom. The van der Waals surface area contributed by atoms with E-state index in [9.17, 15) is 0 Å². The van der Waals surface area contributed by atoms with Crippen molar-refractivity contribution in [2.24, 2.45) is 7.05 Å². The zero-order chi connectivity index (χ0) is 15.6. The van der Waals surface area contributed by atoms with Crippen molar-refractivity contribution >= 4 is 15.9 Å². The lowest BCUT2D eigenvalue weighted by atomic mass is 10.1. The largest absolute Gasteiger partial charge is 0.348 e. The van der Waals surface area contributed by atoms with E-state index < -0.39 is 0 Å². The number of halogens is 1. The molecule has 2 aromatic heterocycles. The maximum atomic E-state index is 4.54. The first-order valence-electron chi connectivity index (χ1n) is 7.40. The fourth-order valence-electron chi connectivity index (χ4n) is 2.23. The molecule has 0 fully saturated rings. The summed E-state index contributed by atoms with van der Waals surface area (Å²) in [5.74, 6) is 0. The molecule has 0 radical (unpaired) electrons. The van der Waals surface area contributed by atoms with Crippen molar-refractivity contribution < 1.29 is 0 Å². The molecule has 0 aliphatic carbocycles. The molecule has 2 heterocycles. The van der Waals surface area contributed by atoms with E-state index in [1.165, 1.54) is 11.3 Å². The van der Waals surface area contributed by atoms with Gasteiger partial charge in [0.2, 0.25) is 0 Å². The molecule has 2 aromatic rings. The third kappa shape index (κ3) is 4.20. The minimum Gasteiger partial charge on any atom is -0.348 e. The van der Waals surface area contributed by atoms with Crippen LogP contribution in [0.3, 0.4) is 0 Å². The number of rotatable bonds is 5. The van der Waals surface area contributed by atoms with Crippen LogP contribution >= 0.6 is 15.9 Å². The average Bonchev–Trinajstić information content (AvgIpc) is 2.95. The molecule has 0 aliphatic rings. The molecule has 21 heavy (non-hydrogen) atoms. The second-order valence-corrected chi connectivity index (χ2v) is 7.27. The summed E-state index contributed by atoms with van der Waals surface area (Å²) in [5.41, 5.74) is 3.77. The first-order valence-corrected chi connectivity index (χ1v) is 8.19. The lowest BCUT2D eigenvalue weighted by molar-refractivity contribution is 0.424. The van der Waals surface area contributed by atoms with Crippen molar-refractivity contribution in [2.75, 3.05) is 0 Å². The summed E-state index contributed by atoms with van der Waals surface area (Å²) < 4.78 is 5.31. The van der Waals surface area contributed by atoms with Gasteiger partial charge in [0.25, 0.3) is 0 Å². The smallest absolute Gasteiger partial charge is 0.0767 e. The molecular formula is C16H25BrN4. The molecule has 4 nitrogen and oxygen atoms in total. The predicted molar refractivity (Wildman–Crippen MR) is 90.4 cm³/mol. The van der Waals surface area contributed by atoms with Gasteiger partial charge >= 0.3 is 0 Å². The molecular weight excluding hydrogens is 328 g/mol. The second-order valence-electron chi connectivity index (χ2n) is 6.48. The van der Waals surface area contributed by atoms with Crippen molar-refractivity contribution in [2.45, 2.75) is 52.7 Å². The zero-order valence-corrected chi connectivity index (χ0v) is 15.2.